The van der Waals surface area contributed by atoms with E-state index < -0.39 is 12.0 Å². The first-order valence-corrected chi connectivity index (χ1v) is 4.12. The molecule has 1 unspecified atom stereocenters. The van der Waals surface area contributed by atoms with Crippen LogP contribution in [0.5, 0.6) is 0 Å². The van der Waals surface area contributed by atoms with Crippen molar-refractivity contribution in [3.8, 4) is 0 Å². The number of aryl methyl sites for hydroxylation is 1. The highest BCUT2D eigenvalue weighted by Gasteiger charge is 2.32. The van der Waals surface area contributed by atoms with Gasteiger partial charge >= 0.3 is 0 Å². The molecule has 0 fully saturated rings. The van der Waals surface area contributed by atoms with Crippen LogP contribution in [-0.4, -0.2) is 5.92 Å². The molecule has 0 saturated carbocycles. The number of hydrogen-bond donors (Lipinski definition) is 1. The molecule has 3 heteroatoms. The van der Waals surface area contributed by atoms with Crippen LogP contribution in [0.15, 0.2) is 24.3 Å². The molecule has 1 aromatic rings. The minimum Gasteiger partial charge on any atom is -0.319 e. The highest BCUT2D eigenvalue weighted by molar-refractivity contribution is 5.29. The molecule has 1 rings (SSSR count). The first-order chi connectivity index (χ1) is 5.93. The predicted octanol–water partition coefficient (Wildman–Crippen LogP) is 2.65. The molecule has 0 radical (unpaired) electrons. The average Bonchev–Trinajstić information content (AvgIpc) is 2.02. The molecule has 0 spiro atoms. The average molecular weight is 185 g/mol. The zero-order valence-corrected chi connectivity index (χ0v) is 7.72. The summed E-state index contributed by atoms with van der Waals surface area (Å²) in [6.45, 7) is 2.62. The van der Waals surface area contributed by atoms with Gasteiger partial charge in [0.25, 0.3) is 5.92 Å². The van der Waals surface area contributed by atoms with E-state index in [2.05, 4.69) is 0 Å². The predicted molar refractivity (Wildman–Crippen MR) is 48.7 cm³/mol. The summed E-state index contributed by atoms with van der Waals surface area (Å²) in [5, 5.41) is 0. The van der Waals surface area contributed by atoms with Gasteiger partial charge in [-0.2, -0.15) is 0 Å². The van der Waals surface area contributed by atoms with Crippen LogP contribution in [0.25, 0.3) is 0 Å². The molecule has 0 aliphatic carbocycles. The minimum absolute atomic E-state index is 0.509. The van der Waals surface area contributed by atoms with Crippen LogP contribution in [0.3, 0.4) is 0 Å². The molecule has 13 heavy (non-hydrogen) atoms. The SMILES string of the molecule is Cc1ccccc1C(N)C(C)(F)F. The van der Waals surface area contributed by atoms with E-state index in [-0.39, 0.29) is 0 Å². The zero-order chi connectivity index (χ0) is 10.1. The standard InChI is InChI=1S/C10H13F2N/c1-7-5-3-4-6-8(7)9(13)10(2,11)12/h3-6,9H,13H2,1-2H3. The first kappa shape index (κ1) is 10.1. The molecule has 0 aliphatic rings. The number of halogens is 2. The second kappa shape index (κ2) is 3.42. The quantitative estimate of drug-likeness (QED) is 0.753. The number of alkyl halides is 2. The molecule has 0 heterocycles. The third-order valence-corrected chi connectivity index (χ3v) is 2.07. The van der Waals surface area contributed by atoms with E-state index in [0.29, 0.717) is 5.56 Å². The maximum absolute atomic E-state index is 12.9. The number of benzene rings is 1. The van der Waals surface area contributed by atoms with Crippen molar-refractivity contribution in [3.63, 3.8) is 0 Å². The maximum atomic E-state index is 12.9. The lowest BCUT2D eigenvalue weighted by Gasteiger charge is -2.21. The summed E-state index contributed by atoms with van der Waals surface area (Å²) in [7, 11) is 0. The second-order valence-electron chi connectivity index (χ2n) is 3.29. The van der Waals surface area contributed by atoms with Crippen LogP contribution in [0.1, 0.15) is 24.1 Å². The van der Waals surface area contributed by atoms with E-state index in [1.54, 1.807) is 31.2 Å². The van der Waals surface area contributed by atoms with Gasteiger partial charge in [-0.1, -0.05) is 24.3 Å². The highest BCUT2D eigenvalue weighted by Crippen LogP contribution is 2.29. The van der Waals surface area contributed by atoms with Crippen LogP contribution in [0.2, 0.25) is 0 Å². The van der Waals surface area contributed by atoms with Gasteiger partial charge in [0.05, 0.1) is 6.04 Å². The summed E-state index contributed by atoms with van der Waals surface area (Å²) in [6.07, 6.45) is 0. The Bertz CT molecular complexity index is 291. The van der Waals surface area contributed by atoms with E-state index in [4.69, 9.17) is 5.73 Å². The Balaban J connectivity index is 3.02. The van der Waals surface area contributed by atoms with Crippen LogP contribution < -0.4 is 5.73 Å². The monoisotopic (exact) mass is 185 g/mol. The van der Waals surface area contributed by atoms with Gasteiger partial charge in [-0.3, -0.25) is 0 Å². The number of rotatable bonds is 2. The van der Waals surface area contributed by atoms with Crippen molar-refractivity contribution in [3.05, 3.63) is 35.4 Å². The summed E-state index contributed by atoms with van der Waals surface area (Å²) < 4.78 is 25.7. The molecule has 0 aliphatic heterocycles. The molecule has 0 saturated heterocycles. The van der Waals surface area contributed by atoms with Crippen LogP contribution in [-0.2, 0) is 0 Å². The topological polar surface area (TPSA) is 26.0 Å². The van der Waals surface area contributed by atoms with Crippen molar-refractivity contribution in [2.24, 2.45) is 5.73 Å². The fourth-order valence-corrected chi connectivity index (χ4v) is 1.21. The largest absolute Gasteiger partial charge is 0.319 e. The van der Waals surface area contributed by atoms with Gasteiger partial charge in [-0.05, 0) is 18.1 Å². The molecule has 1 nitrogen and oxygen atoms in total. The molecule has 0 aromatic heterocycles. The lowest BCUT2D eigenvalue weighted by Crippen LogP contribution is -2.30. The van der Waals surface area contributed by atoms with E-state index in [9.17, 15) is 8.78 Å². The summed E-state index contributed by atoms with van der Waals surface area (Å²) in [5.74, 6) is -2.87. The van der Waals surface area contributed by atoms with Gasteiger partial charge in [0.1, 0.15) is 0 Å². The Hall–Kier alpha value is -0.960. The van der Waals surface area contributed by atoms with Gasteiger partial charge in [-0.25, -0.2) is 8.78 Å². The molecule has 2 N–H and O–H groups in total. The Kier molecular flexibility index (Phi) is 2.66. The Labute approximate surface area is 76.6 Å². The highest BCUT2D eigenvalue weighted by atomic mass is 19.3. The van der Waals surface area contributed by atoms with Crippen molar-refractivity contribution < 1.29 is 8.78 Å². The normalized spacial score (nSPS) is 14.2. The summed E-state index contributed by atoms with van der Waals surface area (Å²) >= 11 is 0. The van der Waals surface area contributed by atoms with Crippen molar-refractivity contribution in [1.82, 2.24) is 0 Å². The van der Waals surface area contributed by atoms with Gasteiger partial charge in [-0.15, -0.1) is 0 Å². The summed E-state index contributed by atoms with van der Waals surface area (Å²) in [4.78, 5) is 0. The molecular weight excluding hydrogens is 172 g/mol. The minimum atomic E-state index is -2.87. The van der Waals surface area contributed by atoms with E-state index in [1.807, 2.05) is 0 Å². The van der Waals surface area contributed by atoms with Gasteiger partial charge < -0.3 is 5.73 Å². The van der Waals surface area contributed by atoms with Crippen molar-refractivity contribution >= 4 is 0 Å². The van der Waals surface area contributed by atoms with E-state index in [1.165, 1.54) is 0 Å². The Morgan fingerprint density at radius 3 is 2.31 bits per heavy atom. The Morgan fingerprint density at radius 2 is 1.85 bits per heavy atom. The van der Waals surface area contributed by atoms with Gasteiger partial charge in [0.15, 0.2) is 0 Å². The fraction of sp³-hybridized carbons (Fsp3) is 0.400. The molecule has 0 bridgehead atoms. The lowest BCUT2D eigenvalue weighted by molar-refractivity contribution is -0.00638. The van der Waals surface area contributed by atoms with E-state index >= 15 is 0 Å². The third-order valence-electron chi connectivity index (χ3n) is 2.07. The molecule has 1 atom stereocenters. The fourth-order valence-electron chi connectivity index (χ4n) is 1.21. The summed E-state index contributed by atoms with van der Waals surface area (Å²) in [5.41, 5.74) is 6.73. The molecule has 1 aromatic carbocycles. The van der Waals surface area contributed by atoms with Crippen molar-refractivity contribution in [2.45, 2.75) is 25.8 Å². The molecular formula is C10H13F2N. The first-order valence-electron chi connectivity index (χ1n) is 4.12. The lowest BCUT2D eigenvalue weighted by atomic mass is 9.98. The van der Waals surface area contributed by atoms with Crippen molar-refractivity contribution in [2.75, 3.05) is 0 Å². The van der Waals surface area contributed by atoms with E-state index in [0.717, 1.165) is 12.5 Å². The molecule has 72 valence electrons. The molecule has 0 amide bonds. The van der Waals surface area contributed by atoms with Crippen LogP contribution in [0.4, 0.5) is 8.78 Å². The van der Waals surface area contributed by atoms with Crippen molar-refractivity contribution in [1.29, 1.82) is 0 Å². The van der Waals surface area contributed by atoms with Crippen LogP contribution >= 0.6 is 0 Å². The smallest absolute Gasteiger partial charge is 0.264 e. The third kappa shape index (κ3) is 2.25. The zero-order valence-electron chi connectivity index (χ0n) is 7.72. The Morgan fingerprint density at radius 1 is 1.31 bits per heavy atom. The van der Waals surface area contributed by atoms with Gasteiger partial charge in [0.2, 0.25) is 0 Å². The number of nitrogens with two attached hydrogens (primary N) is 1. The summed E-state index contributed by atoms with van der Waals surface area (Å²) in [6, 6.07) is 5.72. The second-order valence-corrected chi connectivity index (χ2v) is 3.29. The number of hydrogen-bond acceptors (Lipinski definition) is 1. The maximum Gasteiger partial charge on any atom is 0.264 e. The van der Waals surface area contributed by atoms with Crippen LogP contribution in [0, 0.1) is 6.92 Å². The van der Waals surface area contributed by atoms with Gasteiger partial charge in [0, 0.05) is 6.92 Å².